The van der Waals surface area contributed by atoms with E-state index in [1.165, 1.54) is 17.7 Å². The molecular weight excluding hydrogens is 601 g/mol. The predicted octanol–water partition coefficient (Wildman–Crippen LogP) is 8.26. The molecule has 0 aliphatic rings. The smallest absolute Gasteiger partial charge is 0.417 e. The zero-order valence-electron chi connectivity index (χ0n) is 25.0. The van der Waals surface area contributed by atoms with Crippen molar-refractivity contribution < 1.29 is 27.5 Å². The van der Waals surface area contributed by atoms with E-state index in [4.69, 9.17) is 21.2 Å². The summed E-state index contributed by atoms with van der Waals surface area (Å²) in [6.45, 7) is 4.25. The highest BCUT2D eigenvalue weighted by molar-refractivity contribution is 6.32. The SMILES string of the molecule is CC(=O)On1ccc2c(OCC[C@@H](C)NCC(Cc3cccc(C(F)(F)F)c3Cl)(c3ccccc3)c3ccccc3)cccc21. The molecule has 0 aliphatic carbocycles. The van der Waals surface area contributed by atoms with Crippen molar-refractivity contribution in [2.75, 3.05) is 13.2 Å². The Morgan fingerprint density at radius 1 is 0.889 bits per heavy atom. The number of halogens is 4. The molecular formula is C36H34ClF3N2O3. The topological polar surface area (TPSA) is 52.5 Å². The summed E-state index contributed by atoms with van der Waals surface area (Å²) < 4.78 is 49.0. The fourth-order valence-electron chi connectivity index (χ4n) is 5.67. The quantitative estimate of drug-likeness (QED) is 0.150. The van der Waals surface area contributed by atoms with E-state index in [2.05, 4.69) is 12.2 Å². The summed E-state index contributed by atoms with van der Waals surface area (Å²) in [5, 5.41) is 4.19. The molecule has 45 heavy (non-hydrogen) atoms. The maximum Gasteiger partial charge on any atom is 0.417 e. The normalized spacial score (nSPS) is 12.7. The molecule has 0 bridgehead atoms. The van der Waals surface area contributed by atoms with Crippen LogP contribution in [0.25, 0.3) is 10.9 Å². The lowest BCUT2D eigenvalue weighted by Gasteiger charge is -2.37. The Hall–Kier alpha value is -4.27. The zero-order valence-corrected chi connectivity index (χ0v) is 25.7. The first-order valence-electron chi connectivity index (χ1n) is 14.7. The second-order valence-electron chi connectivity index (χ2n) is 11.1. The molecule has 0 spiro atoms. The van der Waals surface area contributed by atoms with Crippen LogP contribution in [-0.2, 0) is 22.8 Å². The average Bonchev–Trinajstić information content (AvgIpc) is 3.43. The van der Waals surface area contributed by atoms with Gasteiger partial charge in [0.1, 0.15) is 5.75 Å². The van der Waals surface area contributed by atoms with Crippen molar-refractivity contribution in [2.24, 2.45) is 0 Å². The van der Waals surface area contributed by atoms with Gasteiger partial charge in [0.05, 0.1) is 22.7 Å². The van der Waals surface area contributed by atoms with E-state index in [1.54, 1.807) is 12.3 Å². The van der Waals surface area contributed by atoms with Gasteiger partial charge in [0.15, 0.2) is 0 Å². The molecule has 1 aromatic heterocycles. The van der Waals surface area contributed by atoms with Crippen LogP contribution in [0.5, 0.6) is 5.75 Å². The number of aromatic nitrogens is 1. The van der Waals surface area contributed by atoms with Gasteiger partial charge in [-0.1, -0.05) is 90.5 Å². The summed E-state index contributed by atoms with van der Waals surface area (Å²) in [4.78, 5) is 16.7. The highest BCUT2D eigenvalue weighted by atomic mass is 35.5. The van der Waals surface area contributed by atoms with Gasteiger partial charge in [-0.2, -0.15) is 17.9 Å². The van der Waals surface area contributed by atoms with Gasteiger partial charge in [-0.25, -0.2) is 4.79 Å². The number of hydrogen-bond donors (Lipinski definition) is 1. The van der Waals surface area contributed by atoms with E-state index in [-0.39, 0.29) is 17.5 Å². The molecule has 0 amide bonds. The largest absolute Gasteiger partial charge is 0.493 e. The van der Waals surface area contributed by atoms with Gasteiger partial charge in [0.25, 0.3) is 0 Å². The molecule has 1 N–H and O–H groups in total. The third kappa shape index (κ3) is 7.35. The second kappa shape index (κ2) is 13.8. The van der Waals surface area contributed by atoms with E-state index in [0.29, 0.717) is 30.9 Å². The second-order valence-corrected chi connectivity index (χ2v) is 11.5. The minimum Gasteiger partial charge on any atom is -0.493 e. The summed E-state index contributed by atoms with van der Waals surface area (Å²) in [5.74, 6) is 0.254. The van der Waals surface area contributed by atoms with Gasteiger partial charge in [-0.05, 0) is 60.7 Å². The number of rotatable bonds is 12. The van der Waals surface area contributed by atoms with E-state index in [9.17, 15) is 18.0 Å². The first-order valence-corrected chi connectivity index (χ1v) is 15.1. The molecule has 0 radical (unpaired) electrons. The average molecular weight is 635 g/mol. The fraction of sp³-hybridized carbons (Fsp3) is 0.250. The van der Waals surface area contributed by atoms with Gasteiger partial charge in [0, 0.05) is 36.5 Å². The van der Waals surface area contributed by atoms with Crippen LogP contribution in [0.2, 0.25) is 5.02 Å². The van der Waals surface area contributed by atoms with Crippen LogP contribution >= 0.6 is 11.6 Å². The van der Waals surface area contributed by atoms with Crippen molar-refractivity contribution >= 4 is 28.5 Å². The van der Waals surface area contributed by atoms with Crippen LogP contribution in [0.1, 0.15) is 42.5 Å². The minimum atomic E-state index is -4.56. The number of ether oxygens (including phenoxy) is 1. The number of alkyl halides is 3. The Kier molecular flexibility index (Phi) is 9.85. The molecule has 4 aromatic carbocycles. The van der Waals surface area contributed by atoms with E-state index in [1.807, 2.05) is 84.9 Å². The van der Waals surface area contributed by atoms with Crippen LogP contribution < -0.4 is 14.9 Å². The Morgan fingerprint density at radius 3 is 2.16 bits per heavy atom. The highest BCUT2D eigenvalue weighted by Crippen LogP contribution is 2.41. The van der Waals surface area contributed by atoms with Crippen LogP contribution in [0.4, 0.5) is 13.2 Å². The Balaban J connectivity index is 1.38. The van der Waals surface area contributed by atoms with Crippen molar-refractivity contribution in [1.29, 1.82) is 0 Å². The molecule has 5 nitrogen and oxygen atoms in total. The number of nitrogens with zero attached hydrogens (tertiary/aromatic N) is 1. The highest BCUT2D eigenvalue weighted by Gasteiger charge is 2.38. The van der Waals surface area contributed by atoms with Crippen molar-refractivity contribution in [3.05, 3.63) is 137 Å². The van der Waals surface area contributed by atoms with Crippen LogP contribution in [0.3, 0.4) is 0 Å². The van der Waals surface area contributed by atoms with Gasteiger partial charge in [-0.3, -0.25) is 0 Å². The molecule has 0 unspecified atom stereocenters. The van der Waals surface area contributed by atoms with Crippen LogP contribution in [0, 0.1) is 0 Å². The summed E-state index contributed by atoms with van der Waals surface area (Å²) in [6, 6.07) is 31.1. The first kappa shape index (κ1) is 32.1. The molecule has 1 atom stereocenters. The van der Waals surface area contributed by atoms with Crippen LogP contribution in [-0.4, -0.2) is 29.9 Å². The molecule has 0 fully saturated rings. The van der Waals surface area contributed by atoms with E-state index < -0.39 is 23.1 Å². The Labute approximate surface area is 265 Å². The fourth-order valence-corrected chi connectivity index (χ4v) is 5.97. The van der Waals surface area contributed by atoms with Gasteiger partial charge >= 0.3 is 12.1 Å². The molecule has 0 aliphatic heterocycles. The van der Waals surface area contributed by atoms with Crippen molar-refractivity contribution in [2.45, 2.75) is 44.3 Å². The minimum absolute atomic E-state index is 0.00127. The summed E-state index contributed by atoms with van der Waals surface area (Å²) in [6.07, 6.45) is -1.98. The van der Waals surface area contributed by atoms with Gasteiger partial charge in [-0.15, -0.1) is 0 Å². The Morgan fingerprint density at radius 2 is 1.53 bits per heavy atom. The third-order valence-corrected chi connectivity index (χ3v) is 8.42. The van der Waals surface area contributed by atoms with Crippen LogP contribution in [0.15, 0.2) is 109 Å². The molecule has 234 valence electrons. The lowest BCUT2D eigenvalue weighted by molar-refractivity contribution is -0.141. The number of carbonyl (C=O) groups is 1. The third-order valence-electron chi connectivity index (χ3n) is 7.97. The lowest BCUT2D eigenvalue weighted by atomic mass is 9.70. The number of carbonyl (C=O) groups excluding carboxylic acids is 1. The summed E-state index contributed by atoms with van der Waals surface area (Å²) in [7, 11) is 0. The maximum absolute atomic E-state index is 13.8. The number of fused-ring (bicyclic) bond motifs is 1. The molecule has 5 rings (SSSR count). The van der Waals surface area contributed by atoms with Crippen molar-refractivity contribution in [3.63, 3.8) is 0 Å². The predicted molar refractivity (Wildman–Crippen MR) is 171 cm³/mol. The van der Waals surface area contributed by atoms with Gasteiger partial charge < -0.3 is 14.9 Å². The van der Waals surface area contributed by atoms with Crippen molar-refractivity contribution in [3.8, 4) is 5.75 Å². The molecule has 9 heteroatoms. The van der Waals surface area contributed by atoms with E-state index >= 15 is 0 Å². The standard InChI is InChI=1S/C36H34ClF3N2O3/c1-25(20-22-44-33-18-10-17-32-30(33)19-21-42(32)45-26(2)43)41-24-35(28-12-5-3-6-13-28,29-14-7-4-8-15-29)23-27-11-9-16-31(34(27)37)36(38,39)40/h3-19,21,25,41H,20,22-24H2,1-2H3/t25-/m1/s1. The number of hydrogen-bond acceptors (Lipinski definition) is 4. The zero-order chi connectivity index (χ0) is 32.0. The summed E-state index contributed by atoms with van der Waals surface area (Å²) in [5.41, 5.74) is 1.50. The Bertz CT molecular complexity index is 1700. The number of benzene rings is 4. The van der Waals surface area contributed by atoms with Gasteiger partial charge in [0.2, 0.25) is 0 Å². The molecule has 5 aromatic rings. The first-order chi connectivity index (χ1) is 21.6. The molecule has 0 saturated heterocycles. The number of nitrogens with one attached hydrogen (secondary N) is 1. The summed E-state index contributed by atoms with van der Waals surface area (Å²) >= 11 is 6.45. The lowest BCUT2D eigenvalue weighted by Crippen LogP contribution is -2.44. The maximum atomic E-state index is 13.8. The molecule has 1 heterocycles. The van der Waals surface area contributed by atoms with Crippen molar-refractivity contribution in [1.82, 2.24) is 10.0 Å². The molecule has 0 saturated carbocycles. The monoisotopic (exact) mass is 634 g/mol. The van der Waals surface area contributed by atoms with E-state index in [0.717, 1.165) is 28.1 Å².